The first kappa shape index (κ1) is 20.5. The molecular weight excluding hydrogens is 356 g/mol. The largest absolute Gasteiger partial charge is 0.444 e. The van der Waals surface area contributed by atoms with Crippen molar-refractivity contribution in [3.8, 4) is 0 Å². The van der Waals surface area contributed by atoms with Crippen LogP contribution in [-0.4, -0.2) is 66.3 Å². The summed E-state index contributed by atoms with van der Waals surface area (Å²) in [6.07, 6.45) is -0.235. The predicted octanol–water partition coefficient (Wildman–Crippen LogP) is 2.60. The van der Waals surface area contributed by atoms with Crippen LogP contribution in [0.25, 0.3) is 0 Å². The molecule has 1 saturated heterocycles. The summed E-state index contributed by atoms with van der Waals surface area (Å²) in [5.41, 5.74) is 1.92. The van der Waals surface area contributed by atoms with Gasteiger partial charge in [0.15, 0.2) is 5.96 Å². The summed E-state index contributed by atoms with van der Waals surface area (Å²) in [5, 5.41) is 3.45. The molecule has 7 heteroatoms. The summed E-state index contributed by atoms with van der Waals surface area (Å²) in [4.78, 5) is 21.0. The molecular formula is C21H32N4O3. The SMILES string of the molecule is CCOCc1ccc(CNC2=NCC3CN(C(=O)OC(C)(C)C)CCN23)cc1. The second-order valence-corrected chi connectivity index (χ2v) is 8.25. The first-order chi connectivity index (χ1) is 13.4. The van der Waals surface area contributed by atoms with Gasteiger partial charge in [0.1, 0.15) is 5.60 Å². The summed E-state index contributed by atoms with van der Waals surface area (Å²) in [7, 11) is 0. The average Bonchev–Trinajstić information content (AvgIpc) is 3.06. The van der Waals surface area contributed by atoms with Crippen LogP contribution >= 0.6 is 0 Å². The highest BCUT2D eigenvalue weighted by molar-refractivity contribution is 5.82. The zero-order valence-electron chi connectivity index (χ0n) is 17.4. The molecule has 2 heterocycles. The lowest BCUT2D eigenvalue weighted by Crippen LogP contribution is -2.57. The van der Waals surface area contributed by atoms with Crippen molar-refractivity contribution in [3.05, 3.63) is 35.4 Å². The molecule has 2 aliphatic rings. The smallest absolute Gasteiger partial charge is 0.410 e. The molecule has 0 aliphatic carbocycles. The van der Waals surface area contributed by atoms with E-state index in [-0.39, 0.29) is 12.1 Å². The maximum absolute atomic E-state index is 12.3. The van der Waals surface area contributed by atoms with Crippen LogP contribution in [0.15, 0.2) is 29.3 Å². The maximum Gasteiger partial charge on any atom is 0.410 e. The molecule has 0 radical (unpaired) electrons. The van der Waals surface area contributed by atoms with E-state index in [4.69, 9.17) is 9.47 Å². The van der Waals surface area contributed by atoms with Crippen molar-refractivity contribution in [1.82, 2.24) is 15.1 Å². The second kappa shape index (κ2) is 8.82. The minimum Gasteiger partial charge on any atom is -0.444 e. The standard InChI is InChI=1S/C21H32N4O3/c1-5-27-15-17-8-6-16(7-9-17)12-22-19-23-13-18-14-24(10-11-25(18)19)20(26)28-21(2,3)4/h6-9,18H,5,10-15H2,1-4H3,(H,22,23). The van der Waals surface area contributed by atoms with Gasteiger partial charge < -0.3 is 24.6 Å². The maximum atomic E-state index is 12.3. The number of benzene rings is 1. The Balaban J connectivity index is 1.47. The van der Waals surface area contributed by atoms with Crippen molar-refractivity contribution in [2.75, 3.05) is 32.8 Å². The molecule has 1 atom stereocenters. The monoisotopic (exact) mass is 388 g/mol. The highest BCUT2D eigenvalue weighted by Gasteiger charge is 2.36. The van der Waals surface area contributed by atoms with Gasteiger partial charge in [0.05, 0.1) is 19.2 Å². The molecule has 0 bridgehead atoms. The van der Waals surface area contributed by atoms with Crippen LogP contribution in [0.1, 0.15) is 38.8 Å². The third-order valence-corrected chi connectivity index (χ3v) is 4.80. The number of carbonyl (C=O) groups excluding carboxylic acids is 1. The number of ether oxygens (including phenoxy) is 2. The Morgan fingerprint density at radius 2 is 1.93 bits per heavy atom. The van der Waals surface area contributed by atoms with E-state index in [0.717, 1.165) is 25.7 Å². The van der Waals surface area contributed by atoms with Crippen LogP contribution in [0.4, 0.5) is 4.79 Å². The third kappa shape index (κ3) is 5.38. The summed E-state index contributed by atoms with van der Waals surface area (Å²) < 4.78 is 10.9. The number of nitrogens with one attached hydrogen (secondary N) is 1. The van der Waals surface area contributed by atoms with Gasteiger partial charge in [-0.3, -0.25) is 4.99 Å². The van der Waals surface area contributed by atoms with E-state index >= 15 is 0 Å². The molecule has 0 spiro atoms. The van der Waals surface area contributed by atoms with E-state index in [1.165, 1.54) is 11.1 Å². The molecule has 1 aromatic carbocycles. The van der Waals surface area contributed by atoms with Crippen molar-refractivity contribution in [3.63, 3.8) is 0 Å². The van der Waals surface area contributed by atoms with Crippen LogP contribution in [0, 0.1) is 0 Å². The molecule has 1 unspecified atom stereocenters. The van der Waals surface area contributed by atoms with Gasteiger partial charge in [0, 0.05) is 32.8 Å². The van der Waals surface area contributed by atoms with Crippen LogP contribution in [0.5, 0.6) is 0 Å². The molecule has 1 aromatic rings. The number of nitrogens with zero attached hydrogens (tertiary/aromatic N) is 3. The van der Waals surface area contributed by atoms with Crippen LogP contribution in [0.3, 0.4) is 0 Å². The van der Waals surface area contributed by atoms with Gasteiger partial charge in [-0.25, -0.2) is 4.79 Å². The normalized spacial score (nSPS) is 19.3. The number of guanidine groups is 1. The number of piperazine rings is 1. The number of amides is 1. The average molecular weight is 389 g/mol. The fourth-order valence-corrected chi connectivity index (χ4v) is 3.38. The van der Waals surface area contributed by atoms with Crippen molar-refractivity contribution >= 4 is 12.1 Å². The first-order valence-corrected chi connectivity index (χ1v) is 10.0. The van der Waals surface area contributed by atoms with Gasteiger partial charge in [-0.1, -0.05) is 24.3 Å². The molecule has 2 aliphatic heterocycles. The first-order valence-electron chi connectivity index (χ1n) is 10.0. The Bertz CT molecular complexity index is 697. The molecule has 7 nitrogen and oxygen atoms in total. The highest BCUT2D eigenvalue weighted by atomic mass is 16.6. The number of aliphatic imine (C=N–C) groups is 1. The fraction of sp³-hybridized carbons (Fsp3) is 0.619. The van der Waals surface area contributed by atoms with E-state index in [1.807, 2.05) is 27.7 Å². The molecule has 154 valence electrons. The zero-order valence-corrected chi connectivity index (χ0v) is 17.4. The topological polar surface area (TPSA) is 66.4 Å². The molecule has 3 rings (SSSR count). The Hall–Kier alpha value is -2.28. The second-order valence-electron chi connectivity index (χ2n) is 8.25. The molecule has 28 heavy (non-hydrogen) atoms. The summed E-state index contributed by atoms with van der Waals surface area (Å²) in [5.74, 6) is 0.923. The number of hydrogen-bond donors (Lipinski definition) is 1. The number of carbonyl (C=O) groups is 1. The molecule has 1 fully saturated rings. The van der Waals surface area contributed by atoms with Gasteiger partial charge in [-0.2, -0.15) is 0 Å². The lowest BCUT2D eigenvalue weighted by molar-refractivity contribution is 0.0137. The van der Waals surface area contributed by atoms with Crippen molar-refractivity contribution in [2.24, 2.45) is 4.99 Å². The van der Waals surface area contributed by atoms with Crippen LogP contribution in [0.2, 0.25) is 0 Å². The Kier molecular flexibility index (Phi) is 6.44. The Morgan fingerprint density at radius 3 is 2.61 bits per heavy atom. The number of fused-ring (bicyclic) bond motifs is 1. The van der Waals surface area contributed by atoms with Gasteiger partial charge in [-0.15, -0.1) is 0 Å². The lowest BCUT2D eigenvalue weighted by atomic mass is 10.1. The van der Waals surface area contributed by atoms with Gasteiger partial charge in [-0.05, 0) is 38.8 Å². The number of rotatable bonds is 5. The van der Waals surface area contributed by atoms with Crippen molar-refractivity contribution in [1.29, 1.82) is 0 Å². The molecule has 0 saturated carbocycles. The van der Waals surface area contributed by atoms with E-state index in [2.05, 4.69) is 39.5 Å². The van der Waals surface area contributed by atoms with E-state index in [0.29, 0.717) is 26.2 Å². The van der Waals surface area contributed by atoms with Crippen LogP contribution in [-0.2, 0) is 22.6 Å². The van der Waals surface area contributed by atoms with E-state index in [9.17, 15) is 4.79 Å². The minimum absolute atomic E-state index is 0.220. The Morgan fingerprint density at radius 1 is 1.21 bits per heavy atom. The van der Waals surface area contributed by atoms with Gasteiger partial charge in [0.2, 0.25) is 0 Å². The highest BCUT2D eigenvalue weighted by Crippen LogP contribution is 2.19. The minimum atomic E-state index is -0.467. The van der Waals surface area contributed by atoms with E-state index < -0.39 is 5.60 Å². The summed E-state index contributed by atoms with van der Waals surface area (Å²) >= 11 is 0. The van der Waals surface area contributed by atoms with Gasteiger partial charge in [0.25, 0.3) is 0 Å². The quantitative estimate of drug-likeness (QED) is 0.840. The predicted molar refractivity (Wildman–Crippen MR) is 109 cm³/mol. The molecule has 1 N–H and O–H groups in total. The summed E-state index contributed by atoms with van der Waals surface area (Å²) in [6, 6.07) is 8.66. The van der Waals surface area contributed by atoms with Crippen molar-refractivity contribution in [2.45, 2.75) is 52.5 Å². The van der Waals surface area contributed by atoms with Crippen LogP contribution < -0.4 is 5.32 Å². The van der Waals surface area contributed by atoms with E-state index in [1.54, 1.807) is 4.90 Å². The zero-order chi connectivity index (χ0) is 20.1. The number of hydrogen-bond acceptors (Lipinski definition) is 6. The Labute approximate surface area is 167 Å². The molecule has 0 aromatic heterocycles. The molecule has 1 amide bonds. The third-order valence-electron chi connectivity index (χ3n) is 4.80. The summed E-state index contributed by atoms with van der Waals surface area (Å²) in [6.45, 7) is 12.6. The van der Waals surface area contributed by atoms with Gasteiger partial charge >= 0.3 is 6.09 Å². The van der Waals surface area contributed by atoms with Crippen molar-refractivity contribution < 1.29 is 14.3 Å². The fourth-order valence-electron chi connectivity index (χ4n) is 3.38. The lowest BCUT2D eigenvalue weighted by Gasteiger charge is -2.39.